The first kappa shape index (κ1) is 16.7. The Hall–Kier alpha value is -2.75. The summed E-state index contributed by atoms with van der Waals surface area (Å²) in [6.07, 6.45) is 5.60. The van der Waals surface area contributed by atoms with Gasteiger partial charge in [0, 0.05) is 12.5 Å². The van der Waals surface area contributed by atoms with E-state index in [2.05, 4.69) is 41.0 Å². The molecule has 0 bridgehead atoms. The number of nitrogens with one attached hydrogen (secondary N) is 2. The van der Waals surface area contributed by atoms with E-state index in [-0.39, 0.29) is 11.9 Å². The molecule has 0 aromatic heterocycles. The monoisotopic (exact) mass is 348 g/mol. The van der Waals surface area contributed by atoms with Gasteiger partial charge in [0.2, 0.25) is 0 Å². The summed E-state index contributed by atoms with van der Waals surface area (Å²) in [6.45, 7) is 2.56. The van der Waals surface area contributed by atoms with Crippen molar-refractivity contribution in [1.82, 2.24) is 5.32 Å². The summed E-state index contributed by atoms with van der Waals surface area (Å²) in [7, 11) is 1.68. The van der Waals surface area contributed by atoms with E-state index in [1.54, 1.807) is 7.11 Å². The van der Waals surface area contributed by atoms with Gasteiger partial charge in [-0.3, -0.25) is 4.79 Å². The minimum Gasteiger partial charge on any atom is -0.497 e. The third kappa shape index (κ3) is 2.75. The Labute approximate surface area is 154 Å². The number of hydrogen-bond donors (Lipinski definition) is 2. The predicted octanol–water partition coefficient (Wildman–Crippen LogP) is 4.27. The second kappa shape index (κ2) is 6.87. The number of hydrogen-bond acceptors (Lipinski definition) is 3. The molecule has 1 heterocycles. The van der Waals surface area contributed by atoms with E-state index in [9.17, 15) is 4.79 Å². The summed E-state index contributed by atoms with van der Waals surface area (Å²) in [5.41, 5.74) is 4.13. The number of para-hydroxylation sites is 1. The summed E-state index contributed by atoms with van der Waals surface area (Å²) in [5.74, 6) is 1.63. The zero-order valence-electron chi connectivity index (χ0n) is 15.2. The fourth-order valence-corrected chi connectivity index (χ4v) is 4.21. The topological polar surface area (TPSA) is 50.4 Å². The number of carbonyl (C=O) groups is 1. The molecule has 26 heavy (non-hydrogen) atoms. The van der Waals surface area contributed by atoms with Crippen LogP contribution in [0.25, 0.3) is 0 Å². The van der Waals surface area contributed by atoms with Gasteiger partial charge in [-0.2, -0.15) is 0 Å². The molecule has 2 aliphatic rings. The summed E-state index contributed by atoms with van der Waals surface area (Å²) in [6, 6.07) is 14.4. The number of carbonyl (C=O) groups excluding carboxylic acids is 1. The molecule has 4 nitrogen and oxygen atoms in total. The van der Waals surface area contributed by atoms with Crippen LogP contribution >= 0.6 is 0 Å². The van der Waals surface area contributed by atoms with Gasteiger partial charge in [0.25, 0.3) is 5.91 Å². The second-order valence-electron chi connectivity index (χ2n) is 6.88. The highest BCUT2D eigenvalue weighted by molar-refractivity contribution is 6.00. The number of methoxy groups -OCH3 is 1. The molecule has 3 atom stereocenters. The maximum Gasteiger partial charge on any atom is 0.253 e. The van der Waals surface area contributed by atoms with Crippen molar-refractivity contribution in [1.29, 1.82) is 0 Å². The summed E-state index contributed by atoms with van der Waals surface area (Å²) in [5, 5.41) is 6.62. The standard InChI is InChI=1S/C22H24N2O2/c1-3-23-22(25)19-9-5-8-18-16-6-4-7-17(16)20(24-21(18)19)14-10-12-15(26-2)13-11-14/h4-6,8-13,16-17,20,24H,3,7H2,1-2H3,(H,23,25). The van der Waals surface area contributed by atoms with Gasteiger partial charge in [0.05, 0.1) is 24.4 Å². The zero-order chi connectivity index (χ0) is 18.1. The average Bonchev–Trinajstić information content (AvgIpc) is 3.17. The SMILES string of the molecule is CCNC(=O)c1cccc2c1NC(c1ccc(OC)cc1)C1CC=CC21. The van der Waals surface area contributed by atoms with Gasteiger partial charge in [0.1, 0.15) is 5.75 Å². The van der Waals surface area contributed by atoms with Gasteiger partial charge in [-0.25, -0.2) is 0 Å². The Balaban J connectivity index is 1.76. The van der Waals surface area contributed by atoms with E-state index in [0.29, 0.717) is 18.4 Å². The fraction of sp³-hybridized carbons (Fsp3) is 0.318. The van der Waals surface area contributed by atoms with Gasteiger partial charge in [0.15, 0.2) is 0 Å². The Kier molecular flexibility index (Phi) is 4.41. The largest absolute Gasteiger partial charge is 0.497 e. The summed E-state index contributed by atoms with van der Waals surface area (Å²) < 4.78 is 5.29. The van der Waals surface area contributed by atoms with Crippen LogP contribution in [0.15, 0.2) is 54.6 Å². The average molecular weight is 348 g/mol. The van der Waals surface area contributed by atoms with Crippen LogP contribution in [0.1, 0.15) is 46.8 Å². The maximum atomic E-state index is 12.5. The third-order valence-electron chi connectivity index (χ3n) is 5.45. The Morgan fingerprint density at radius 2 is 2.04 bits per heavy atom. The number of amides is 1. The molecule has 0 saturated heterocycles. The molecule has 4 rings (SSSR count). The third-order valence-corrected chi connectivity index (χ3v) is 5.45. The van der Waals surface area contributed by atoms with Crippen molar-refractivity contribution in [3.63, 3.8) is 0 Å². The molecule has 4 heteroatoms. The Bertz CT molecular complexity index is 842. The van der Waals surface area contributed by atoms with E-state index in [1.807, 2.05) is 31.2 Å². The lowest BCUT2D eigenvalue weighted by Crippen LogP contribution is -2.32. The number of rotatable bonds is 4. The zero-order valence-corrected chi connectivity index (χ0v) is 15.2. The molecule has 1 aliphatic carbocycles. The lowest BCUT2D eigenvalue weighted by molar-refractivity contribution is 0.0956. The van der Waals surface area contributed by atoms with Crippen LogP contribution in [0.2, 0.25) is 0 Å². The van der Waals surface area contributed by atoms with Crippen molar-refractivity contribution in [2.75, 3.05) is 19.0 Å². The first-order valence-corrected chi connectivity index (χ1v) is 9.21. The number of benzene rings is 2. The van der Waals surface area contributed by atoms with Crippen LogP contribution in [0.3, 0.4) is 0 Å². The Morgan fingerprint density at radius 1 is 1.23 bits per heavy atom. The van der Waals surface area contributed by atoms with Crippen LogP contribution in [-0.2, 0) is 0 Å². The van der Waals surface area contributed by atoms with Crippen LogP contribution in [0.5, 0.6) is 5.75 Å². The van der Waals surface area contributed by atoms with Crippen LogP contribution in [-0.4, -0.2) is 19.6 Å². The summed E-state index contributed by atoms with van der Waals surface area (Å²) >= 11 is 0. The van der Waals surface area contributed by atoms with Gasteiger partial charge in [-0.15, -0.1) is 0 Å². The molecule has 2 aromatic carbocycles. The molecular formula is C22H24N2O2. The fourth-order valence-electron chi connectivity index (χ4n) is 4.21. The molecule has 0 fully saturated rings. The van der Waals surface area contributed by atoms with Crippen LogP contribution < -0.4 is 15.4 Å². The van der Waals surface area contributed by atoms with E-state index < -0.39 is 0 Å². The van der Waals surface area contributed by atoms with Crippen molar-refractivity contribution in [3.8, 4) is 5.75 Å². The lowest BCUT2D eigenvalue weighted by atomic mass is 9.76. The smallest absolute Gasteiger partial charge is 0.253 e. The van der Waals surface area contributed by atoms with Crippen molar-refractivity contribution < 1.29 is 9.53 Å². The quantitative estimate of drug-likeness (QED) is 0.811. The molecule has 0 radical (unpaired) electrons. The minimum absolute atomic E-state index is 0.0224. The normalized spacial score (nSPS) is 22.9. The number of allylic oxidation sites excluding steroid dienone is 2. The van der Waals surface area contributed by atoms with Crippen molar-refractivity contribution in [3.05, 3.63) is 71.3 Å². The van der Waals surface area contributed by atoms with Crippen LogP contribution in [0.4, 0.5) is 5.69 Å². The van der Waals surface area contributed by atoms with E-state index in [4.69, 9.17) is 4.74 Å². The number of anilines is 1. The molecule has 1 amide bonds. The maximum absolute atomic E-state index is 12.5. The van der Waals surface area contributed by atoms with E-state index in [0.717, 1.165) is 23.4 Å². The number of fused-ring (bicyclic) bond motifs is 3. The van der Waals surface area contributed by atoms with Gasteiger partial charge in [-0.1, -0.05) is 36.4 Å². The summed E-state index contributed by atoms with van der Waals surface area (Å²) in [4.78, 5) is 12.5. The number of ether oxygens (including phenoxy) is 1. The second-order valence-corrected chi connectivity index (χ2v) is 6.88. The highest BCUT2D eigenvalue weighted by atomic mass is 16.5. The first-order valence-electron chi connectivity index (χ1n) is 9.21. The molecule has 134 valence electrons. The first-order chi connectivity index (χ1) is 12.7. The molecule has 2 N–H and O–H groups in total. The predicted molar refractivity (Wildman–Crippen MR) is 104 cm³/mol. The Morgan fingerprint density at radius 3 is 2.77 bits per heavy atom. The molecular weight excluding hydrogens is 324 g/mol. The van der Waals surface area contributed by atoms with Crippen molar-refractivity contribution in [2.24, 2.45) is 5.92 Å². The van der Waals surface area contributed by atoms with E-state index in [1.165, 1.54) is 11.1 Å². The highest BCUT2D eigenvalue weighted by Crippen LogP contribution is 2.50. The van der Waals surface area contributed by atoms with Gasteiger partial charge in [-0.05, 0) is 48.6 Å². The lowest BCUT2D eigenvalue weighted by Gasteiger charge is -2.38. The van der Waals surface area contributed by atoms with Gasteiger partial charge < -0.3 is 15.4 Å². The molecule has 2 aromatic rings. The van der Waals surface area contributed by atoms with Crippen LogP contribution in [0, 0.1) is 5.92 Å². The molecule has 0 spiro atoms. The van der Waals surface area contributed by atoms with Gasteiger partial charge >= 0.3 is 0 Å². The molecule has 3 unspecified atom stereocenters. The molecule has 0 saturated carbocycles. The highest BCUT2D eigenvalue weighted by Gasteiger charge is 2.39. The minimum atomic E-state index is -0.0224. The van der Waals surface area contributed by atoms with E-state index >= 15 is 0 Å². The van der Waals surface area contributed by atoms with Crippen molar-refractivity contribution in [2.45, 2.75) is 25.3 Å². The van der Waals surface area contributed by atoms with Crippen molar-refractivity contribution >= 4 is 11.6 Å². The molecule has 1 aliphatic heterocycles.